The van der Waals surface area contributed by atoms with Gasteiger partial charge in [0.1, 0.15) is 0 Å². The molecular formula is C19H23N3O4S. The zero-order chi connectivity index (χ0) is 19.9. The first-order chi connectivity index (χ1) is 12.8. The smallest absolute Gasteiger partial charge is 0.248 e. The van der Waals surface area contributed by atoms with Gasteiger partial charge in [-0.15, -0.1) is 0 Å². The maximum Gasteiger partial charge on any atom is 0.248 e. The number of benzene rings is 2. The van der Waals surface area contributed by atoms with Gasteiger partial charge in [-0.2, -0.15) is 0 Å². The molecule has 8 heteroatoms. The highest BCUT2D eigenvalue weighted by molar-refractivity contribution is 7.89. The highest BCUT2D eigenvalue weighted by Crippen LogP contribution is 2.13. The van der Waals surface area contributed by atoms with Crippen molar-refractivity contribution < 1.29 is 18.0 Å². The number of hydrogen-bond acceptors (Lipinski definition) is 4. The van der Waals surface area contributed by atoms with Crippen LogP contribution in [0.4, 0.5) is 5.69 Å². The Morgan fingerprint density at radius 1 is 1.00 bits per heavy atom. The van der Waals surface area contributed by atoms with E-state index in [1.807, 2.05) is 6.92 Å². The minimum Gasteiger partial charge on any atom is -0.366 e. The molecule has 27 heavy (non-hydrogen) atoms. The van der Waals surface area contributed by atoms with E-state index in [4.69, 9.17) is 5.73 Å². The van der Waals surface area contributed by atoms with Gasteiger partial charge in [0, 0.05) is 24.2 Å². The molecule has 2 aromatic carbocycles. The van der Waals surface area contributed by atoms with Crippen LogP contribution in [-0.4, -0.2) is 26.8 Å². The molecule has 0 heterocycles. The van der Waals surface area contributed by atoms with Gasteiger partial charge in [-0.25, -0.2) is 13.1 Å². The van der Waals surface area contributed by atoms with Crippen LogP contribution in [0, 0.1) is 0 Å². The molecule has 0 spiro atoms. The molecule has 0 aliphatic rings. The van der Waals surface area contributed by atoms with Gasteiger partial charge in [-0.3, -0.25) is 9.59 Å². The first-order valence-electron chi connectivity index (χ1n) is 8.60. The molecule has 2 amide bonds. The van der Waals surface area contributed by atoms with Crippen LogP contribution in [0.3, 0.4) is 0 Å². The highest BCUT2D eigenvalue weighted by Gasteiger charge is 2.12. The predicted octanol–water partition coefficient (Wildman–Crippen LogP) is 2.05. The molecule has 0 saturated heterocycles. The number of anilines is 1. The third kappa shape index (κ3) is 6.19. The molecule has 0 aromatic heterocycles. The third-order valence-electron chi connectivity index (χ3n) is 3.87. The Hall–Kier alpha value is -2.71. The fourth-order valence-electron chi connectivity index (χ4n) is 2.35. The maximum atomic E-state index is 12.0. The van der Waals surface area contributed by atoms with Crippen LogP contribution in [0.15, 0.2) is 53.4 Å². The zero-order valence-corrected chi connectivity index (χ0v) is 15.9. The molecule has 144 valence electrons. The number of amides is 2. The quantitative estimate of drug-likeness (QED) is 0.608. The normalized spacial score (nSPS) is 11.1. The molecular weight excluding hydrogens is 366 g/mol. The van der Waals surface area contributed by atoms with Crippen LogP contribution in [0.1, 0.15) is 35.7 Å². The van der Waals surface area contributed by atoms with E-state index < -0.39 is 15.9 Å². The topological polar surface area (TPSA) is 118 Å². The standard InChI is InChI=1S/C19H23N3O4S/c1-2-13-21-27(25,26)17-10-3-14(4-11-17)5-12-18(23)22-16-8-6-15(7-9-16)19(20)24/h3-4,6-11,21H,2,5,12-13H2,1H3,(H2,20,24)(H,22,23). The molecule has 7 nitrogen and oxygen atoms in total. The van der Waals surface area contributed by atoms with Crippen LogP contribution in [0.2, 0.25) is 0 Å². The first-order valence-corrected chi connectivity index (χ1v) is 10.1. The number of hydrogen-bond donors (Lipinski definition) is 3. The minimum absolute atomic E-state index is 0.178. The second-order valence-electron chi connectivity index (χ2n) is 6.03. The fourth-order valence-corrected chi connectivity index (χ4v) is 3.49. The molecule has 0 bridgehead atoms. The van der Waals surface area contributed by atoms with Gasteiger partial charge in [0.05, 0.1) is 4.90 Å². The molecule has 0 fully saturated rings. The SMILES string of the molecule is CCCNS(=O)(=O)c1ccc(CCC(=O)Nc2ccc(C(N)=O)cc2)cc1. The fraction of sp³-hybridized carbons (Fsp3) is 0.263. The third-order valence-corrected chi connectivity index (χ3v) is 5.35. The van der Waals surface area contributed by atoms with Gasteiger partial charge in [0.15, 0.2) is 0 Å². The van der Waals surface area contributed by atoms with Crippen molar-refractivity contribution in [3.05, 3.63) is 59.7 Å². The summed E-state index contributed by atoms with van der Waals surface area (Å²) in [6, 6.07) is 12.8. The molecule has 0 unspecified atom stereocenters. The van der Waals surface area contributed by atoms with Crippen molar-refractivity contribution in [2.75, 3.05) is 11.9 Å². The lowest BCUT2D eigenvalue weighted by Crippen LogP contribution is -2.24. The zero-order valence-electron chi connectivity index (χ0n) is 15.1. The summed E-state index contributed by atoms with van der Waals surface area (Å²) >= 11 is 0. The van der Waals surface area contributed by atoms with Gasteiger partial charge in [0.25, 0.3) is 0 Å². The van der Waals surface area contributed by atoms with E-state index in [1.165, 1.54) is 12.1 Å². The van der Waals surface area contributed by atoms with E-state index in [9.17, 15) is 18.0 Å². The molecule has 2 rings (SSSR count). The minimum atomic E-state index is -3.48. The van der Waals surface area contributed by atoms with E-state index in [-0.39, 0.29) is 17.2 Å². The summed E-state index contributed by atoms with van der Waals surface area (Å²) in [4.78, 5) is 23.3. The van der Waals surface area contributed by atoms with Crippen molar-refractivity contribution >= 4 is 27.5 Å². The summed E-state index contributed by atoms with van der Waals surface area (Å²) in [6.07, 6.45) is 1.45. The summed E-state index contributed by atoms with van der Waals surface area (Å²) in [7, 11) is -3.48. The highest BCUT2D eigenvalue weighted by atomic mass is 32.2. The Labute approximate surface area is 159 Å². The number of carbonyl (C=O) groups is 2. The second-order valence-corrected chi connectivity index (χ2v) is 7.80. The Kier molecular flexibility index (Phi) is 7.09. The number of nitrogens with one attached hydrogen (secondary N) is 2. The van der Waals surface area contributed by atoms with Crippen LogP contribution in [0.5, 0.6) is 0 Å². The maximum absolute atomic E-state index is 12.0. The van der Waals surface area contributed by atoms with Crippen molar-refractivity contribution in [2.24, 2.45) is 5.73 Å². The average Bonchev–Trinajstić information content (AvgIpc) is 2.65. The summed E-state index contributed by atoms with van der Waals surface area (Å²) in [5.74, 6) is -0.702. The van der Waals surface area contributed by atoms with Crippen molar-refractivity contribution in [1.82, 2.24) is 4.72 Å². The second kappa shape index (κ2) is 9.29. The van der Waals surface area contributed by atoms with Crippen LogP contribution < -0.4 is 15.8 Å². The number of primary amides is 1. The predicted molar refractivity (Wildman–Crippen MR) is 104 cm³/mol. The van der Waals surface area contributed by atoms with Crippen LogP contribution in [-0.2, 0) is 21.2 Å². The molecule has 0 saturated carbocycles. The van der Waals surface area contributed by atoms with Gasteiger partial charge in [-0.05, 0) is 54.8 Å². The van der Waals surface area contributed by atoms with E-state index in [2.05, 4.69) is 10.0 Å². The lowest BCUT2D eigenvalue weighted by atomic mass is 10.1. The molecule has 2 aromatic rings. The van der Waals surface area contributed by atoms with Crippen LogP contribution >= 0.6 is 0 Å². The molecule has 0 aliphatic heterocycles. The number of carbonyl (C=O) groups excluding carboxylic acids is 2. The Balaban J connectivity index is 1.88. The van der Waals surface area contributed by atoms with Crippen molar-refractivity contribution in [3.63, 3.8) is 0 Å². The number of aryl methyl sites for hydroxylation is 1. The molecule has 0 radical (unpaired) electrons. The van der Waals surface area contributed by atoms with Crippen molar-refractivity contribution in [1.29, 1.82) is 0 Å². The van der Waals surface area contributed by atoms with E-state index >= 15 is 0 Å². The number of rotatable bonds is 9. The summed E-state index contributed by atoms with van der Waals surface area (Å²) < 4.78 is 26.6. The first kappa shape index (κ1) is 20.6. The number of sulfonamides is 1. The Morgan fingerprint density at radius 2 is 1.63 bits per heavy atom. The van der Waals surface area contributed by atoms with Gasteiger partial charge < -0.3 is 11.1 Å². The van der Waals surface area contributed by atoms with Crippen LogP contribution in [0.25, 0.3) is 0 Å². The van der Waals surface area contributed by atoms with Gasteiger partial charge >= 0.3 is 0 Å². The molecule has 0 atom stereocenters. The van der Waals surface area contributed by atoms with Gasteiger partial charge in [0.2, 0.25) is 21.8 Å². The monoisotopic (exact) mass is 389 g/mol. The molecule has 0 aliphatic carbocycles. The van der Waals surface area contributed by atoms with E-state index in [1.54, 1.807) is 36.4 Å². The Bertz CT molecular complexity index is 892. The van der Waals surface area contributed by atoms with Crippen molar-refractivity contribution in [2.45, 2.75) is 31.1 Å². The summed E-state index contributed by atoms with van der Waals surface area (Å²) in [5.41, 5.74) is 6.98. The number of nitrogens with two attached hydrogens (primary N) is 1. The average molecular weight is 389 g/mol. The van der Waals surface area contributed by atoms with Gasteiger partial charge in [-0.1, -0.05) is 19.1 Å². The lowest BCUT2D eigenvalue weighted by molar-refractivity contribution is -0.116. The Morgan fingerprint density at radius 3 is 2.19 bits per heavy atom. The summed E-state index contributed by atoms with van der Waals surface area (Å²) in [6.45, 7) is 2.29. The molecule has 4 N–H and O–H groups in total. The van der Waals surface area contributed by atoms with E-state index in [0.29, 0.717) is 24.2 Å². The largest absolute Gasteiger partial charge is 0.366 e. The van der Waals surface area contributed by atoms with Crippen molar-refractivity contribution in [3.8, 4) is 0 Å². The van der Waals surface area contributed by atoms with E-state index in [0.717, 1.165) is 12.0 Å². The summed E-state index contributed by atoms with van der Waals surface area (Å²) in [5, 5.41) is 2.74. The lowest BCUT2D eigenvalue weighted by Gasteiger charge is -2.08.